The first kappa shape index (κ1) is 14.3. The first-order valence-electron chi connectivity index (χ1n) is 5.61. The fourth-order valence-electron chi connectivity index (χ4n) is 1.71. The molecule has 0 aromatic heterocycles. The fraction of sp³-hybridized carbons (Fsp3) is 0.462. The minimum absolute atomic E-state index is 0.0112. The molecule has 17 heavy (non-hydrogen) atoms. The van der Waals surface area contributed by atoms with Gasteiger partial charge in [0, 0.05) is 29.1 Å². The minimum Gasteiger partial charge on any atom is -0.370 e. The van der Waals surface area contributed by atoms with Crippen molar-refractivity contribution >= 4 is 33.2 Å². The highest BCUT2D eigenvalue weighted by Crippen LogP contribution is 2.27. The van der Waals surface area contributed by atoms with Crippen LogP contribution < -0.4 is 4.90 Å². The fourth-order valence-corrected chi connectivity index (χ4v) is 2.35. The molecule has 0 bridgehead atoms. The number of alkyl halides is 1. The van der Waals surface area contributed by atoms with Crippen molar-refractivity contribution in [2.75, 3.05) is 18.0 Å². The summed E-state index contributed by atoms with van der Waals surface area (Å²) in [6.07, 6.45) is 0. The van der Waals surface area contributed by atoms with Crippen LogP contribution in [0.3, 0.4) is 0 Å². The van der Waals surface area contributed by atoms with Crippen LogP contribution in [0, 0.1) is 17.2 Å². The molecule has 0 aliphatic carbocycles. The van der Waals surface area contributed by atoms with Crippen molar-refractivity contribution in [1.29, 1.82) is 5.26 Å². The molecule has 0 N–H and O–H groups in total. The molecule has 0 heterocycles. The monoisotopic (exact) mass is 314 g/mol. The maximum atomic E-state index is 8.90. The Hall–Kier alpha value is -0.720. The molecule has 2 nitrogen and oxygen atoms in total. The Labute approximate surface area is 116 Å². The lowest BCUT2D eigenvalue weighted by atomic mass is 10.1. The largest absolute Gasteiger partial charge is 0.370 e. The van der Waals surface area contributed by atoms with Crippen LogP contribution in [-0.4, -0.2) is 13.1 Å². The number of nitriles is 1. The second-order valence-electron chi connectivity index (χ2n) is 3.98. The average Bonchev–Trinajstić information content (AvgIpc) is 2.35. The minimum atomic E-state index is 0.0112. The van der Waals surface area contributed by atoms with Gasteiger partial charge in [-0.15, -0.1) is 0 Å². The van der Waals surface area contributed by atoms with Gasteiger partial charge in [-0.2, -0.15) is 5.26 Å². The summed E-state index contributed by atoms with van der Waals surface area (Å²) in [5, 5.41) is 10.4. The van der Waals surface area contributed by atoms with Gasteiger partial charge in [0.2, 0.25) is 0 Å². The molecular formula is C13H16BrClN2. The second-order valence-corrected chi connectivity index (χ2v) is 4.97. The molecule has 0 saturated heterocycles. The number of hydrogen-bond acceptors (Lipinski definition) is 2. The van der Waals surface area contributed by atoms with E-state index >= 15 is 0 Å². The van der Waals surface area contributed by atoms with E-state index in [-0.39, 0.29) is 5.92 Å². The van der Waals surface area contributed by atoms with Gasteiger partial charge in [-0.25, -0.2) is 0 Å². The summed E-state index contributed by atoms with van der Waals surface area (Å²) >= 11 is 9.52. The van der Waals surface area contributed by atoms with E-state index in [1.54, 1.807) is 0 Å². The summed E-state index contributed by atoms with van der Waals surface area (Å²) in [5.74, 6) is 0.0112. The van der Waals surface area contributed by atoms with E-state index < -0.39 is 0 Å². The third-order valence-corrected chi connectivity index (χ3v) is 3.47. The molecular weight excluding hydrogens is 300 g/mol. The standard InChI is InChI=1S/C13H16BrClN2/c1-3-17(9-10(2)8-16)13-6-12(15)5-4-11(13)7-14/h4-6,10H,3,7,9H2,1-2H3. The van der Waals surface area contributed by atoms with Gasteiger partial charge in [0.15, 0.2) is 0 Å². The molecule has 1 rings (SSSR count). The van der Waals surface area contributed by atoms with Gasteiger partial charge in [0.1, 0.15) is 0 Å². The van der Waals surface area contributed by atoms with Crippen molar-refractivity contribution in [3.63, 3.8) is 0 Å². The second kappa shape index (κ2) is 6.88. The molecule has 0 aliphatic heterocycles. The molecule has 1 unspecified atom stereocenters. The molecule has 92 valence electrons. The molecule has 0 radical (unpaired) electrons. The third-order valence-electron chi connectivity index (χ3n) is 2.63. The lowest BCUT2D eigenvalue weighted by Gasteiger charge is -2.26. The first-order valence-corrected chi connectivity index (χ1v) is 7.11. The van der Waals surface area contributed by atoms with E-state index in [9.17, 15) is 0 Å². The Kier molecular flexibility index (Phi) is 5.80. The highest BCUT2D eigenvalue weighted by Gasteiger charge is 2.12. The normalized spacial score (nSPS) is 11.9. The van der Waals surface area contributed by atoms with Crippen molar-refractivity contribution in [2.24, 2.45) is 5.92 Å². The molecule has 1 atom stereocenters. The molecule has 1 aromatic carbocycles. The number of nitrogens with zero attached hydrogens (tertiary/aromatic N) is 2. The lowest BCUT2D eigenvalue weighted by molar-refractivity contribution is 0.685. The van der Waals surface area contributed by atoms with Crippen molar-refractivity contribution in [3.8, 4) is 6.07 Å². The van der Waals surface area contributed by atoms with Crippen LogP contribution in [0.25, 0.3) is 0 Å². The maximum Gasteiger partial charge on any atom is 0.0671 e. The van der Waals surface area contributed by atoms with Crippen LogP contribution in [0.4, 0.5) is 5.69 Å². The van der Waals surface area contributed by atoms with Gasteiger partial charge in [0.25, 0.3) is 0 Å². The van der Waals surface area contributed by atoms with Gasteiger partial charge in [0.05, 0.1) is 12.0 Å². The first-order chi connectivity index (χ1) is 8.12. The Morgan fingerprint density at radius 3 is 2.76 bits per heavy atom. The molecule has 1 aromatic rings. The Morgan fingerprint density at radius 2 is 2.24 bits per heavy atom. The zero-order valence-electron chi connectivity index (χ0n) is 10.1. The number of hydrogen-bond donors (Lipinski definition) is 0. The predicted molar refractivity (Wildman–Crippen MR) is 76.7 cm³/mol. The van der Waals surface area contributed by atoms with Gasteiger partial charge >= 0.3 is 0 Å². The van der Waals surface area contributed by atoms with Crippen LogP contribution >= 0.6 is 27.5 Å². The molecule has 0 spiro atoms. The zero-order valence-corrected chi connectivity index (χ0v) is 12.4. The molecule has 0 aliphatic rings. The molecule has 0 fully saturated rings. The number of benzene rings is 1. The number of halogens is 2. The summed E-state index contributed by atoms with van der Waals surface area (Å²) in [5.41, 5.74) is 2.31. The summed E-state index contributed by atoms with van der Waals surface area (Å²) in [6, 6.07) is 8.14. The van der Waals surface area contributed by atoms with Crippen LogP contribution in [-0.2, 0) is 5.33 Å². The lowest BCUT2D eigenvalue weighted by Crippen LogP contribution is -2.28. The highest BCUT2D eigenvalue weighted by atomic mass is 79.9. The van der Waals surface area contributed by atoms with E-state index in [4.69, 9.17) is 16.9 Å². The molecule has 4 heteroatoms. The highest BCUT2D eigenvalue weighted by molar-refractivity contribution is 9.08. The number of rotatable bonds is 5. The van der Waals surface area contributed by atoms with Crippen molar-refractivity contribution in [1.82, 2.24) is 0 Å². The van der Waals surface area contributed by atoms with Gasteiger partial charge in [-0.05, 0) is 31.5 Å². The Bertz CT molecular complexity index is 414. The van der Waals surface area contributed by atoms with Crippen molar-refractivity contribution in [3.05, 3.63) is 28.8 Å². The Morgan fingerprint density at radius 1 is 1.53 bits per heavy atom. The van der Waals surface area contributed by atoms with E-state index in [1.165, 1.54) is 5.56 Å². The van der Waals surface area contributed by atoms with Crippen LogP contribution in [0.1, 0.15) is 19.4 Å². The smallest absolute Gasteiger partial charge is 0.0671 e. The van der Waals surface area contributed by atoms with Crippen LogP contribution in [0.5, 0.6) is 0 Å². The topological polar surface area (TPSA) is 27.0 Å². The average molecular weight is 316 g/mol. The summed E-state index contributed by atoms with van der Waals surface area (Å²) < 4.78 is 0. The quantitative estimate of drug-likeness (QED) is 0.761. The van der Waals surface area contributed by atoms with Gasteiger partial charge in [-0.3, -0.25) is 0 Å². The van der Waals surface area contributed by atoms with E-state index in [2.05, 4.69) is 33.8 Å². The van der Waals surface area contributed by atoms with E-state index in [1.807, 2.05) is 25.1 Å². The van der Waals surface area contributed by atoms with E-state index in [0.29, 0.717) is 0 Å². The summed E-state index contributed by atoms with van der Waals surface area (Å²) in [6.45, 7) is 5.61. The number of anilines is 1. The molecule has 0 saturated carbocycles. The van der Waals surface area contributed by atoms with Crippen molar-refractivity contribution in [2.45, 2.75) is 19.2 Å². The van der Waals surface area contributed by atoms with Crippen LogP contribution in [0.15, 0.2) is 18.2 Å². The summed E-state index contributed by atoms with van der Waals surface area (Å²) in [7, 11) is 0. The van der Waals surface area contributed by atoms with Crippen LogP contribution in [0.2, 0.25) is 5.02 Å². The zero-order chi connectivity index (χ0) is 12.8. The predicted octanol–water partition coefficient (Wildman–Crippen LogP) is 4.22. The summed E-state index contributed by atoms with van der Waals surface area (Å²) in [4.78, 5) is 2.19. The maximum absolute atomic E-state index is 8.90. The van der Waals surface area contributed by atoms with Gasteiger partial charge in [-0.1, -0.05) is 33.6 Å². The Balaban J connectivity index is 3.02. The SMILES string of the molecule is CCN(CC(C)C#N)c1cc(Cl)ccc1CBr. The molecule has 0 amide bonds. The van der Waals surface area contributed by atoms with E-state index in [0.717, 1.165) is 29.1 Å². The van der Waals surface area contributed by atoms with Gasteiger partial charge < -0.3 is 4.90 Å². The third kappa shape index (κ3) is 3.90. The van der Waals surface area contributed by atoms with Crippen molar-refractivity contribution < 1.29 is 0 Å².